The zero-order chi connectivity index (χ0) is 16.9. The minimum Gasteiger partial charge on any atom is -0.383 e. The standard InChI is InChI=1S/C16H24N2O4S/c1-13(12-22-2)17-16(19)14-7-6-8-15(11-14)23(20,21)18-9-4-3-5-10-18/h6-8,11,13H,3-5,9-10,12H2,1-2H3,(H,17,19)/t13-/m1/s1. The largest absolute Gasteiger partial charge is 0.383 e. The van der Waals surface area contributed by atoms with E-state index in [0.29, 0.717) is 25.3 Å². The number of piperidine rings is 1. The molecule has 1 N–H and O–H groups in total. The van der Waals surface area contributed by atoms with E-state index in [1.54, 1.807) is 25.3 Å². The monoisotopic (exact) mass is 340 g/mol. The molecular weight excluding hydrogens is 316 g/mol. The minimum atomic E-state index is -3.53. The van der Waals surface area contributed by atoms with Gasteiger partial charge in [0.15, 0.2) is 0 Å². The Balaban J connectivity index is 2.17. The molecule has 2 rings (SSSR count). The minimum absolute atomic E-state index is 0.144. The van der Waals surface area contributed by atoms with Gasteiger partial charge in [0.05, 0.1) is 11.5 Å². The molecule has 1 saturated heterocycles. The third-order valence-electron chi connectivity index (χ3n) is 3.84. The number of sulfonamides is 1. The fourth-order valence-corrected chi connectivity index (χ4v) is 4.21. The Bertz CT molecular complexity index is 639. The number of carbonyl (C=O) groups excluding carboxylic acids is 1. The normalized spacial score (nSPS) is 17.7. The third-order valence-corrected chi connectivity index (χ3v) is 5.74. The summed E-state index contributed by atoms with van der Waals surface area (Å²) in [6.45, 7) is 3.32. The molecule has 1 atom stereocenters. The van der Waals surface area contributed by atoms with Crippen LogP contribution in [0.15, 0.2) is 29.2 Å². The lowest BCUT2D eigenvalue weighted by Crippen LogP contribution is -2.36. The lowest BCUT2D eigenvalue weighted by molar-refractivity contribution is 0.0905. The first kappa shape index (κ1) is 17.9. The van der Waals surface area contributed by atoms with Crippen molar-refractivity contribution in [3.63, 3.8) is 0 Å². The predicted molar refractivity (Wildman–Crippen MR) is 87.9 cm³/mol. The van der Waals surface area contributed by atoms with Crippen LogP contribution in [0.4, 0.5) is 0 Å². The molecule has 1 aromatic carbocycles. The molecule has 6 nitrogen and oxygen atoms in total. The lowest BCUT2D eigenvalue weighted by atomic mass is 10.2. The molecule has 1 amide bonds. The summed E-state index contributed by atoms with van der Waals surface area (Å²) in [5.41, 5.74) is 0.339. The Morgan fingerprint density at radius 2 is 2.00 bits per heavy atom. The number of nitrogens with zero attached hydrogens (tertiary/aromatic N) is 1. The van der Waals surface area contributed by atoms with Gasteiger partial charge in [-0.25, -0.2) is 8.42 Å². The van der Waals surface area contributed by atoms with Gasteiger partial charge in [0, 0.05) is 31.8 Å². The molecule has 0 bridgehead atoms. The van der Waals surface area contributed by atoms with Gasteiger partial charge in [-0.3, -0.25) is 4.79 Å². The Kier molecular flexibility index (Phi) is 6.15. The van der Waals surface area contributed by atoms with Crippen molar-refractivity contribution in [1.82, 2.24) is 9.62 Å². The van der Waals surface area contributed by atoms with Gasteiger partial charge >= 0.3 is 0 Å². The maximum Gasteiger partial charge on any atom is 0.251 e. The quantitative estimate of drug-likeness (QED) is 0.854. The van der Waals surface area contributed by atoms with Crippen molar-refractivity contribution in [3.05, 3.63) is 29.8 Å². The number of benzene rings is 1. The van der Waals surface area contributed by atoms with Crippen LogP contribution >= 0.6 is 0 Å². The Hall–Kier alpha value is -1.44. The smallest absolute Gasteiger partial charge is 0.251 e. The van der Waals surface area contributed by atoms with Crippen LogP contribution in [-0.2, 0) is 14.8 Å². The van der Waals surface area contributed by atoms with Crippen LogP contribution in [-0.4, -0.2) is 51.5 Å². The number of methoxy groups -OCH3 is 1. The van der Waals surface area contributed by atoms with E-state index >= 15 is 0 Å². The molecule has 0 aromatic heterocycles. The van der Waals surface area contributed by atoms with Crippen LogP contribution in [0, 0.1) is 0 Å². The third kappa shape index (κ3) is 4.53. The van der Waals surface area contributed by atoms with Gasteiger partial charge < -0.3 is 10.1 Å². The van der Waals surface area contributed by atoms with Crippen LogP contribution in [0.1, 0.15) is 36.5 Å². The number of hydrogen-bond acceptors (Lipinski definition) is 4. The molecule has 128 valence electrons. The second-order valence-electron chi connectivity index (χ2n) is 5.82. The van der Waals surface area contributed by atoms with Crippen molar-refractivity contribution in [2.45, 2.75) is 37.1 Å². The van der Waals surface area contributed by atoms with Crippen molar-refractivity contribution in [2.24, 2.45) is 0 Å². The van der Waals surface area contributed by atoms with Crippen molar-refractivity contribution in [3.8, 4) is 0 Å². The summed E-state index contributed by atoms with van der Waals surface area (Å²) in [4.78, 5) is 12.4. The fraction of sp³-hybridized carbons (Fsp3) is 0.562. The summed E-state index contributed by atoms with van der Waals surface area (Å²) in [6.07, 6.45) is 2.83. The summed E-state index contributed by atoms with van der Waals surface area (Å²) in [5, 5.41) is 2.78. The predicted octanol–water partition coefficient (Wildman–Crippen LogP) is 1.63. The fourth-order valence-electron chi connectivity index (χ4n) is 2.65. The summed E-state index contributed by atoms with van der Waals surface area (Å²) < 4.78 is 31.8. The zero-order valence-electron chi connectivity index (χ0n) is 13.6. The van der Waals surface area contributed by atoms with E-state index < -0.39 is 10.0 Å². The van der Waals surface area contributed by atoms with Gasteiger partial charge in [-0.15, -0.1) is 0 Å². The van der Waals surface area contributed by atoms with Gasteiger partial charge in [-0.2, -0.15) is 4.31 Å². The van der Waals surface area contributed by atoms with E-state index in [0.717, 1.165) is 19.3 Å². The summed E-state index contributed by atoms with van der Waals surface area (Å²) >= 11 is 0. The second-order valence-corrected chi connectivity index (χ2v) is 7.76. The first-order valence-corrected chi connectivity index (χ1v) is 9.29. The number of rotatable bonds is 6. The van der Waals surface area contributed by atoms with E-state index in [2.05, 4.69) is 5.32 Å². The van der Waals surface area contributed by atoms with E-state index in [9.17, 15) is 13.2 Å². The molecule has 1 fully saturated rings. The summed E-state index contributed by atoms with van der Waals surface area (Å²) in [6, 6.07) is 6.06. The van der Waals surface area contributed by atoms with Crippen LogP contribution in [0.2, 0.25) is 0 Å². The van der Waals surface area contributed by atoms with E-state index in [4.69, 9.17) is 4.74 Å². The molecule has 0 aliphatic carbocycles. The number of nitrogens with one attached hydrogen (secondary N) is 1. The highest BCUT2D eigenvalue weighted by atomic mass is 32.2. The number of hydrogen-bond donors (Lipinski definition) is 1. The van der Waals surface area contributed by atoms with Gasteiger partial charge in [0.2, 0.25) is 10.0 Å². The number of carbonyl (C=O) groups is 1. The van der Waals surface area contributed by atoms with E-state index in [1.165, 1.54) is 10.4 Å². The summed E-state index contributed by atoms with van der Waals surface area (Å²) in [7, 11) is -1.96. The zero-order valence-corrected chi connectivity index (χ0v) is 14.4. The van der Waals surface area contributed by atoms with Crippen molar-refractivity contribution in [1.29, 1.82) is 0 Å². The Morgan fingerprint density at radius 1 is 1.30 bits per heavy atom. The van der Waals surface area contributed by atoms with Crippen molar-refractivity contribution >= 4 is 15.9 Å². The highest BCUT2D eigenvalue weighted by molar-refractivity contribution is 7.89. The highest BCUT2D eigenvalue weighted by Crippen LogP contribution is 2.21. The van der Waals surface area contributed by atoms with E-state index in [1.807, 2.05) is 6.92 Å². The molecule has 0 unspecified atom stereocenters. The number of ether oxygens (including phenoxy) is 1. The average Bonchev–Trinajstić information content (AvgIpc) is 2.56. The van der Waals surface area contributed by atoms with Gasteiger partial charge in [0.25, 0.3) is 5.91 Å². The molecule has 0 spiro atoms. The molecule has 1 aliphatic rings. The molecule has 1 aliphatic heterocycles. The molecular formula is C16H24N2O4S. The second kappa shape index (κ2) is 7.90. The lowest BCUT2D eigenvalue weighted by Gasteiger charge is -2.26. The number of amides is 1. The first-order chi connectivity index (χ1) is 10.9. The average molecular weight is 340 g/mol. The topological polar surface area (TPSA) is 75.7 Å². The molecule has 1 aromatic rings. The van der Waals surface area contributed by atoms with Crippen molar-refractivity contribution < 1.29 is 17.9 Å². The van der Waals surface area contributed by atoms with E-state index in [-0.39, 0.29) is 16.8 Å². The molecule has 0 saturated carbocycles. The molecule has 1 heterocycles. The van der Waals surface area contributed by atoms with Gasteiger partial charge in [0.1, 0.15) is 0 Å². The van der Waals surface area contributed by atoms with Crippen LogP contribution in [0.25, 0.3) is 0 Å². The van der Waals surface area contributed by atoms with Crippen LogP contribution in [0.3, 0.4) is 0 Å². The maximum atomic E-state index is 12.7. The molecule has 23 heavy (non-hydrogen) atoms. The van der Waals surface area contributed by atoms with Gasteiger partial charge in [-0.1, -0.05) is 12.5 Å². The Morgan fingerprint density at radius 3 is 2.65 bits per heavy atom. The van der Waals surface area contributed by atoms with Crippen LogP contribution in [0.5, 0.6) is 0 Å². The highest BCUT2D eigenvalue weighted by Gasteiger charge is 2.26. The molecule has 0 radical (unpaired) electrons. The van der Waals surface area contributed by atoms with Gasteiger partial charge in [-0.05, 0) is 38.0 Å². The Labute approximate surface area is 137 Å². The van der Waals surface area contributed by atoms with Crippen LogP contribution < -0.4 is 5.32 Å². The first-order valence-electron chi connectivity index (χ1n) is 7.85. The summed E-state index contributed by atoms with van der Waals surface area (Å²) in [5.74, 6) is -0.301. The SMILES string of the molecule is COC[C@@H](C)NC(=O)c1cccc(S(=O)(=O)N2CCCCC2)c1. The van der Waals surface area contributed by atoms with Crippen molar-refractivity contribution in [2.75, 3.05) is 26.8 Å². The molecule has 7 heteroatoms. The maximum absolute atomic E-state index is 12.7.